The van der Waals surface area contributed by atoms with Gasteiger partial charge in [0, 0.05) is 11.3 Å². The van der Waals surface area contributed by atoms with Gasteiger partial charge in [-0.25, -0.2) is 4.79 Å². The molecule has 0 saturated carbocycles. The number of hydrogen-bond acceptors (Lipinski definition) is 6. The molecule has 0 aliphatic carbocycles. The summed E-state index contributed by atoms with van der Waals surface area (Å²) in [5.41, 5.74) is -0.279. The molecule has 0 heterocycles. The third-order valence-corrected chi connectivity index (χ3v) is 4.01. The molecule has 0 atom stereocenters. The zero-order valence-corrected chi connectivity index (χ0v) is 19.4. The molecule has 32 heavy (non-hydrogen) atoms. The Balaban J connectivity index is 2.28. The highest BCUT2D eigenvalue weighted by Gasteiger charge is 2.37. The third-order valence-electron chi connectivity index (χ3n) is 4.01. The van der Waals surface area contributed by atoms with Crippen LogP contribution < -0.4 is 5.32 Å². The van der Waals surface area contributed by atoms with Crippen molar-refractivity contribution in [2.45, 2.75) is 65.3 Å². The van der Waals surface area contributed by atoms with Crippen LogP contribution in [0.15, 0.2) is 54.6 Å². The number of carbonyl (C=O) groups is 3. The fourth-order valence-corrected chi connectivity index (χ4v) is 2.80. The Hall–Kier alpha value is -3.35. The maximum Gasteiger partial charge on any atom is 0.411 e. The van der Waals surface area contributed by atoms with Crippen LogP contribution in [0.4, 0.5) is 10.5 Å². The number of esters is 2. The summed E-state index contributed by atoms with van der Waals surface area (Å²) in [6.07, 6.45) is -0.714. The lowest BCUT2D eigenvalue weighted by Gasteiger charge is -2.27. The molecular formula is C25H31NO6. The smallest absolute Gasteiger partial charge is 0.411 e. The maximum atomic E-state index is 13.0. The van der Waals surface area contributed by atoms with E-state index in [2.05, 4.69) is 5.32 Å². The van der Waals surface area contributed by atoms with Crippen molar-refractivity contribution in [1.82, 2.24) is 0 Å². The monoisotopic (exact) mass is 441 g/mol. The molecule has 7 nitrogen and oxygen atoms in total. The number of hydrogen-bond donors (Lipinski definition) is 1. The first-order valence-electron chi connectivity index (χ1n) is 10.4. The van der Waals surface area contributed by atoms with Crippen LogP contribution in [0.25, 0.3) is 0 Å². The molecule has 0 radical (unpaired) electrons. The van der Waals surface area contributed by atoms with Crippen LogP contribution in [0.2, 0.25) is 0 Å². The van der Waals surface area contributed by atoms with Crippen molar-refractivity contribution in [1.29, 1.82) is 0 Å². The largest absolute Gasteiger partial charge is 0.459 e. The Morgan fingerprint density at radius 2 is 1.28 bits per heavy atom. The lowest BCUT2D eigenvalue weighted by molar-refractivity contribution is -0.169. The van der Waals surface area contributed by atoms with Crippen LogP contribution in [0.1, 0.15) is 58.6 Å². The first-order chi connectivity index (χ1) is 14.9. The first kappa shape index (κ1) is 24.9. The Morgan fingerprint density at radius 1 is 0.781 bits per heavy atom. The van der Waals surface area contributed by atoms with Crippen LogP contribution in [0.3, 0.4) is 0 Å². The van der Waals surface area contributed by atoms with E-state index in [9.17, 15) is 14.4 Å². The lowest BCUT2D eigenvalue weighted by Crippen LogP contribution is -2.36. The second-order valence-corrected chi connectivity index (χ2v) is 9.27. The minimum absolute atomic E-state index is 0.0798. The van der Waals surface area contributed by atoms with Crippen LogP contribution in [0, 0.1) is 0 Å². The van der Waals surface area contributed by atoms with Crippen LogP contribution in [-0.2, 0) is 30.4 Å². The normalized spacial score (nSPS) is 11.6. The van der Waals surface area contributed by atoms with Crippen molar-refractivity contribution < 1.29 is 28.6 Å². The van der Waals surface area contributed by atoms with E-state index in [0.717, 1.165) is 5.56 Å². The molecule has 1 N–H and O–H groups in total. The van der Waals surface area contributed by atoms with E-state index >= 15 is 0 Å². The molecule has 0 aliphatic heterocycles. The third kappa shape index (κ3) is 8.06. The van der Waals surface area contributed by atoms with E-state index in [4.69, 9.17) is 14.2 Å². The van der Waals surface area contributed by atoms with Gasteiger partial charge in [0.15, 0.2) is 5.92 Å². The molecule has 0 unspecified atom stereocenters. The lowest BCUT2D eigenvalue weighted by atomic mass is 9.96. The highest BCUT2D eigenvalue weighted by Crippen LogP contribution is 2.30. The molecule has 0 bridgehead atoms. The predicted octanol–water partition coefficient (Wildman–Crippen LogP) is 5.20. The van der Waals surface area contributed by atoms with Crippen molar-refractivity contribution in [3.05, 3.63) is 65.7 Å². The van der Waals surface area contributed by atoms with Crippen molar-refractivity contribution >= 4 is 23.7 Å². The van der Waals surface area contributed by atoms with Gasteiger partial charge in [-0.15, -0.1) is 0 Å². The molecule has 0 saturated heterocycles. The minimum Gasteiger partial charge on any atom is -0.459 e. The molecule has 2 rings (SSSR count). The Morgan fingerprint density at radius 3 is 1.81 bits per heavy atom. The van der Waals surface area contributed by atoms with E-state index in [-0.39, 0.29) is 17.9 Å². The van der Waals surface area contributed by atoms with Gasteiger partial charge in [-0.2, -0.15) is 0 Å². The average Bonchev–Trinajstić information content (AvgIpc) is 2.66. The minimum atomic E-state index is -1.38. The van der Waals surface area contributed by atoms with Crippen LogP contribution in [0.5, 0.6) is 0 Å². The highest BCUT2D eigenvalue weighted by atomic mass is 16.6. The summed E-state index contributed by atoms with van der Waals surface area (Å²) in [4.78, 5) is 38.3. The Kier molecular flexibility index (Phi) is 8.02. The fourth-order valence-electron chi connectivity index (χ4n) is 2.80. The van der Waals surface area contributed by atoms with Crippen LogP contribution in [-0.4, -0.2) is 29.2 Å². The standard InChI is InChI=1S/C25H31NO6/c1-24(2,3)31-21(27)20(22(28)32-25(4,5)6)18-14-10-11-15-19(18)26-23(29)30-16-17-12-8-7-9-13-17/h7-15,20H,16H2,1-6H3,(H,26,29). The Bertz CT molecular complexity index is 913. The van der Waals surface area contributed by atoms with E-state index < -0.39 is 35.2 Å². The quantitative estimate of drug-likeness (QED) is 0.376. The van der Waals surface area contributed by atoms with Crippen molar-refractivity contribution in [3.8, 4) is 0 Å². The van der Waals surface area contributed by atoms with Gasteiger partial charge in [-0.3, -0.25) is 14.9 Å². The number of ether oxygens (including phenoxy) is 3. The summed E-state index contributed by atoms with van der Waals surface area (Å²) in [5, 5.41) is 2.62. The summed E-state index contributed by atoms with van der Waals surface area (Å²) in [7, 11) is 0. The summed E-state index contributed by atoms with van der Waals surface area (Å²) >= 11 is 0. The number of para-hydroxylation sites is 1. The number of amides is 1. The molecular weight excluding hydrogens is 410 g/mol. The molecule has 2 aromatic rings. The molecule has 0 aliphatic rings. The first-order valence-corrected chi connectivity index (χ1v) is 10.4. The van der Waals surface area contributed by atoms with Crippen molar-refractivity contribution in [2.24, 2.45) is 0 Å². The fraction of sp³-hybridized carbons (Fsp3) is 0.400. The van der Waals surface area contributed by atoms with Crippen LogP contribution >= 0.6 is 0 Å². The van der Waals surface area contributed by atoms with Crippen molar-refractivity contribution in [3.63, 3.8) is 0 Å². The van der Waals surface area contributed by atoms with Gasteiger partial charge in [0.1, 0.15) is 17.8 Å². The zero-order valence-electron chi connectivity index (χ0n) is 19.4. The van der Waals surface area contributed by atoms with Gasteiger partial charge < -0.3 is 14.2 Å². The van der Waals surface area contributed by atoms with E-state index in [1.807, 2.05) is 30.3 Å². The maximum absolute atomic E-state index is 13.0. The van der Waals surface area contributed by atoms with Crippen molar-refractivity contribution in [2.75, 3.05) is 5.32 Å². The number of benzene rings is 2. The van der Waals surface area contributed by atoms with Gasteiger partial charge in [-0.1, -0.05) is 48.5 Å². The van der Waals surface area contributed by atoms with Gasteiger partial charge in [0.25, 0.3) is 0 Å². The number of rotatable bonds is 6. The molecule has 0 spiro atoms. The molecule has 172 valence electrons. The zero-order chi connectivity index (χ0) is 23.9. The summed E-state index contributed by atoms with van der Waals surface area (Å²) in [6, 6.07) is 15.7. The SMILES string of the molecule is CC(C)(C)OC(=O)C(C(=O)OC(C)(C)C)c1ccccc1NC(=O)OCc1ccccc1. The van der Waals surface area contributed by atoms with E-state index in [0.29, 0.717) is 0 Å². The van der Waals surface area contributed by atoms with Gasteiger partial charge >= 0.3 is 18.0 Å². The van der Waals surface area contributed by atoms with E-state index in [1.165, 1.54) is 0 Å². The number of anilines is 1. The van der Waals surface area contributed by atoms with E-state index in [1.54, 1.807) is 65.8 Å². The second kappa shape index (κ2) is 10.3. The van der Waals surface area contributed by atoms with Gasteiger partial charge in [0.2, 0.25) is 0 Å². The molecule has 1 amide bonds. The molecule has 7 heteroatoms. The number of nitrogens with one attached hydrogen (secondary N) is 1. The summed E-state index contributed by atoms with van der Waals surface area (Å²) in [6.45, 7) is 10.3. The Labute approximate surface area is 189 Å². The van der Waals surface area contributed by atoms with Gasteiger partial charge in [-0.05, 0) is 53.2 Å². The second-order valence-electron chi connectivity index (χ2n) is 9.27. The molecule has 0 aromatic heterocycles. The summed E-state index contributed by atoms with van der Waals surface area (Å²) in [5.74, 6) is -2.91. The highest BCUT2D eigenvalue weighted by molar-refractivity contribution is 6.03. The topological polar surface area (TPSA) is 90.9 Å². The summed E-state index contributed by atoms with van der Waals surface area (Å²) < 4.78 is 16.2. The molecule has 2 aromatic carbocycles. The molecule has 0 fully saturated rings. The average molecular weight is 442 g/mol. The number of carbonyl (C=O) groups excluding carboxylic acids is 3. The predicted molar refractivity (Wildman–Crippen MR) is 121 cm³/mol. The van der Waals surface area contributed by atoms with Gasteiger partial charge in [0.05, 0.1) is 0 Å².